The molecule has 2 atom stereocenters. The SMILES string of the molecule is CCN1CCC(C2NNCC2c2ccccc2)CC1. The number of nitrogens with one attached hydrogen (secondary N) is 2. The Morgan fingerprint density at radius 3 is 2.58 bits per heavy atom. The van der Waals surface area contributed by atoms with Crippen molar-refractivity contribution in [2.24, 2.45) is 5.92 Å². The fourth-order valence-electron chi connectivity index (χ4n) is 3.61. The van der Waals surface area contributed by atoms with Crippen molar-refractivity contribution in [2.45, 2.75) is 31.7 Å². The molecule has 19 heavy (non-hydrogen) atoms. The Hall–Kier alpha value is -0.900. The van der Waals surface area contributed by atoms with Gasteiger partial charge in [0.15, 0.2) is 0 Å². The minimum absolute atomic E-state index is 0.599. The quantitative estimate of drug-likeness (QED) is 0.869. The number of hydrogen-bond donors (Lipinski definition) is 2. The van der Waals surface area contributed by atoms with Crippen LogP contribution in [0.2, 0.25) is 0 Å². The summed E-state index contributed by atoms with van der Waals surface area (Å²) >= 11 is 0. The number of benzene rings is 1. The molecule has 3 heteroatoms. The van der Waals surface area contributed by atoms with Gasteiger partial charge in [-0.2, -0.15) is 0 Å². The van der Waals surface area contributed by atoms with Crippen molar-refractivity contribution in [2.75, 3.05) is 26.2 Å². The highest BCUT2D eigenvalue weighted by molar-refractivity contribution is 5.23. The van der Waals surface area contributed by atoms with Crippen molar-refractivity contribution >= 4 is 0 Å². The number of hydrazine groups is 1. The highest BCUT2D eigenvalue weighted by atomic mass is 15.4. The van der Waals surface area contributed by atoms with Crippen LogP contribution in [0, 0.1) is 5.92 Å². The Bertz CT molecular complexity index is 384. The molecule has 104 valence electrons. The van der Waals surface area contributed by atoms with Gasteiger partial charge in [0.2, 0.25) is 0 Å². The fraction of sp³-hybridized carbons (Fsp3) is 0.625. The summed E-state index contributed by atoms with van der Waals surface area (Å²) < 4.78 is 0. The monoisotopic (exact) mass is 259 g/mol. The molecule has 2 heterocycles. The lowest BCUT2D eigenvalue weighted by Gasteiger charge is -2.36. The molecule has 1 aromatic carbocycles. The van der Waals surface area contributed by atoms with Crippen molar-refractivity contribution in [1.29, 1.82) is 0 Å². The molecule has 2 N–H and O–H groups in total. The van der Waals surface area contributed by atoms with E-state index in [0.717, 1.165) is 12.5 Å². The lowest BCUT2D eigenvalue weighted by Crippen LogP contribution is -2.44. The van der Waals surface area contributed by atoms with E-state index in [0.29, 0.717) is 12.0 Å². The predicted octanol–water partition coefficient (Wildman–Crippen LogP) is 1.98. The topological polar surface area (TPSA) is 27.3 Å². The van der Waals surface area contributed by atoms with Crippen LogP contribution in [0.5, 0.6) is 0 Å². The van der Waals surface area contributed by atoms with Crippen LogP contribution in [0.1, 0.15) is 31.2 Å². The number of hydrogen-bond acceptors (Lipinski definition) is 3. The second-order valence-corrected chi connectivity index (χ2v) is 5.84. The second kappa shape index (κ2) is 6.04. The van der Waals surface area contributed by atoms with Gasteiger partial charge in [-0.15, -0.1) is 0 Å². The number of piperidine rings is 1. The maximum absolute atomic E-state index is 3.54. The maximum Gasteiger partial charge on any atom is 0.0323 e. The summed E-state index contributed by atoms with van der Waals surface area (Å²) in [5.74, 6) is 1.43. The normalized spacial score (nSPS) is 29.7. The first-order valence-electron chi connectivity index (χ1n) is 7.64. The Kier molecular flexibility index (Phi) is 4.16. The molecule has 2 aliphatic rings. The van der Waals surface area contributed by atoms with Crippen molar-refractivity contribution in [3.05, 3.63) is 35.9 Å². The molecule has 2 fully saturated rings. The number of nitrogens with zero attached hydrogens (tertiary/aromatic N) is 1. The zero-order valence-electron chi connectivity index (χ0n) is 11.8. The lowest BCUT2D eigenvalue weighted by atomic mass is 9.80. The van der Waals surface area contributed by atoms with Crippen LogP contribution < -0.4 is 10.9 Å². The van der Waals surface area contributed by atoms with E-state index in [-0.39, 0.29) is 0 Å². The van der Waals surface area contributed by atoms with Crippen molar-refractivity contribution < 1.29 is 0 Å². The zero-order valence-corrected chi connectivity index (χ0v) is 11.8. The molecule has 0 spiro atoms. The molecule has 0 amide bonds. The Balaban J connectivity index is 1.67. The molecule has 0 saturated carbocycles. The van der Waals surface area contributed by atoms with E-state index in [4.69, 9.17) is 0 Å². The first-order chi connectivity index (χ1) is 9.38. The fourth-order valence-corrected chi connectivity index (χ4v) is 3.61. The van der Waals surface area contributed by atoms with E-state index in [1.807, 2.05) is 0 Å². The standard InChI is InChI=1S/C16H25N3/c1-2-19-10-8-14(9-11-19)16-15(12-17-18-16)13-6-4-3-5-7-13/h3-7,14-18H,2,8-12H2,1H3. The molecule has 2 unspecified atom stereocenters. The highest BCUT2D eigenvalue weighted by Crippen LogP contribution is 2.32. The summed E-state index contributed by atoms with van der Waals surface area (Å²) in [5, 5.41) is 0. The highest BCUT2D eigenvalue weighted by Gasteiger charge is 2.35. The predicted molar refractivity (Wildman–Crippen MR) is 78.9 cm³/mol. The summed E-state index contributed by atoms with van der Waals surface area (Å²) in [6, 6.07) is 11.6. The molecule has 0 radical (unpaired) electrons. The third kappa shape index (κ3) is 2.83. The lowest BCUT2D eigenvalue weighted by molar-refractivity contribution is 0.164. The van der Waals surface area contributed by atoms with Gasteiger partial charge in [0, 0.05) is 18.5 Å². The molecule has 3 nitrogen and oxygen atoms in total. The van der Waals surface area contributed by atoms with Crippen LogP contribution in [0.3, 0.4) is 0 Å². The van der Waals surface area contributed by atoms with E-state index in [9.17, 15) is 0 Å². The molecule has 3 rings (SSSR count). The Morgan fingerprint density at radius 2 is 1.89 bits per heavy atom. The van der Waals surface area contributed by atoms with Crippen LogP contribution in [-0.4, -0.2) is 37.1 Å². The zero-order chi connectivity index (χ0) is 13.1. The van der Waals surface area contributed by atoms with E-state index < -0.39 is 0 Å². The molecular formula is C16H25N3. The number of rotatable bonds is 3. The summed E-state index contributed by atoms with van der Waals surface area (Å²) in [5.41, 5.74) is 8.39. The first kappa shape index (κ1) is 13.1. The molecule has 2 aliphatic heterocycles. The van der Waals surface area contributed by atoms with E-state index >= 15 is 0 Å². The van der Waals surface area contributed by atoms with Crippen LogP contribution in [0.25, 0.3) is 0 Å². The summed E-state index contributed by atoms with van der Waals surface area (Å²) in [7, 11) is 0. The maximum atomic E-state index is 3.54. The Labute approximate surface area is 116 Å². The van der Waals surface area contributed by atoms with Gasteiger partial charge in [0.25, 0.3) is 0 Å². The van der Waals surface area contributed by atoms with Crippen molar-refractivity contribution in [3.8, 4) is 0 Å². The minimum atomic E-state index is 0.599. The van der Waals surface area contributed by atoms with Gasteiger partial charge in [0.1, 0.15) is 0 Å². The largest absolute Gasteiger partial charge is 0.304 e. The summed E-state index contributed by atoms with van der Waals surface area (Å²) in [6.45, 7) is 7.05. The smallest absolute Gasteiger partial charge is 0.0323 e. The molecule has 0 aromatic heterocycles. The summed E-state index contributed by atoms with van der Waals surface area (Å²) in [4.78, 5) is 2.57. The van der Waals surface area contributed by atoms with Gasteiger partial charge in [-0.05, 0) is 44.0 Å². The molecule has 0 bridgehead atoms. The van der Waals surface area contributed by atoms with Crippen LogP contribution in [0.4, 0.5) is 0 Å². The van der Waals surface area contributed by atoms with Crippen LogP contribution in [-0.2, 0) is 0 Å². The second-order valence-electron chi connectivity index (χ2n) is 5.84. The molecule has 1 aromatic rings. The van der Waals surface area contributed by atoms with Crippen LogP contribution in [0.15, 0.2) is 30.3 Å². The van der Waals surface area contributed by atoms with Gasteiger partial charge < -0.3 is 4.90 Å². The molecular weight excluding hydrogens is 234 g/mol. The third-order valence-electron chi connectivity index (χ3n) is 4.84. The van der Waals surface area contributed by atoms with E-state index in [2.05, 4.69) is 53.0 Å². The number of likely N-dealkylation sites (tertiary alicyclic amines) is 1. The molecule has 2 saturated heterocycles. The summed E-state index contributed by atoms with van der Waals surface area (Å²) in [6.07, 6.45) is 2.66. The molecule has 0 aliphatic carbocycles. The van der Waals surface area contributed by atoms with Gasteiger partial charge in [-0.1, -0.05) is 37.3 Å². The third-order valence-corrected chi connectivity index (χ3v) is 4.84. The average molecular weight is 259 g/mol. The van der Waals surface area contributed by atoms with Gasteiger partial charge in [0.05, 0.1) is 0 Å². The van der Waals surface area contributed by atoms with Gasteiger partial charge >= 0.3 is 0 Å². The first-order valence-corrected chi connectivity index (χ1v) is 7.64. The average Bonchev–Trinajstić information content (AvgIpc) is 2.98. The van der Waals surface area contributed by atoms with Crippen molar-refractivity contribution in [3.63, 3.8) is 0 Å². The Morgan fingerprint density at radius 1 is 1.16 bits per heavy atom. The van der Waals surface area contributed by atoms with Crippen LogP contribution >= 0.6 is 0 Å². The van der Waals surface area contributed by atoms with E-state index in [1.54, 1.807) is 0 Å². The van der Waals surface area contributed by atoms with E-state index in [1.165, 1.54) is 38.0 Å². The van der Waals surface area contributed by atoms with Crippen molar-refractivity contribution in [1.82, 2.24) is 15.8 Å². The van der Waals surface area contributed by atoms with Gasteiger partial charge in [-0.3, -0.25) is 10.9 Å². The minimum Gasteiger partial charge on any atom is -0.304 e. The van der Waals surface area contributed by atoms with Gasteiger partial charge in [-0.25, -0.2) is 0 Å².